The number of esters is 1. The van der Waals surface area contributed by atoms with Gasteiger partial charge in [0.05, 0.1) is 14.7 Å². The fourth-order valence-electron chi connectivity index (χ4n) is 3.26. The van der Waals surface area contributed by atoms with Crippen LogP contribution >= 0.6 is 0 Å². The highest BCUT2D eigenvalue weighted by molar-refractivity contribution is 6.88. The van der Waals surface area contributed by atoms with Crippen molar-refractivity contribution < 1.29 is 9.53 Å². The summed E-state index contributed by atoms with van der Waals surface area (Å²) in [5.41, 5.74) is 4.14. The summed E-state index contributed by atoms with van der Waals surface area (Å²) >= 11 is 0. The molecule has 4 heteroatoms. The molecule has 0 bridgehead atoms. The van der Waals surface area contributed by atoms with Gasteiger partial charge in [0.1, 0.15) is 5.69 Å². The molecule has 1 aromatic heterocycles. The fraction of sp³-hybridized carbons (Fsp3) is 0.318. The van der Waals surface area contributed by atoms with Gasteiger partial charge in [0.15, 0.2) is 0 Å². The molecule has 0 fully saturated rings. The van der Waals surface area contributed by atoms with E-state index >= 15 is 0 Å². The lowest BCUT2D eigenvalue weighted by atomic mass is 10.1. The van der Waals surface area contributed by atoms with Gasteiger partial charge in [0.25, 0.3) is 0 Å². The Labute approximate surface area is 156 Å². The lowest BCUT2D eigenvalue weighted by Gasteiger charge is -2.17. The third-order valence-corrected chi connectivity index (χ3v) is 6.72. The van der Waals surface area contributed by atoms with Gasteiger partial charge < -0.3 is 9.30 Å². The molecule has 3 rings (SSSR count). The monoisotopic (exact) mass is 365 g/mol. The van der Waals surface area contributed by atoms with Crippen molar-refractivity contribution in [2.45, 2.75) is 40.0 Å². The molecular formula is C22H27NO2Si. The predicted molar refractivity (Wildman–Crippen MR) is 111 cm³/mol. The van der Waals surface area contributed by atoms with E-state index in [1.807, 2.05) is 13.0 Å². The lowest BCUT2D eigenvalue weighted by Crippen LogP contribution is -2.37. The Bertz CT molecular complexity index is 950. The number of benzene rings is 2. The van der Waals surface area contributed by atoms with E-state index in [-0.39, 0.29) is 5.97 Å². The molecule has 136 valence electrons. The van der Waals surface area contributed by atoms with Crippen molar-refractivity contribution in [3.63, 3.8) is 0 Å². The van der Waals surface area contributed by atoms with Crippen molar-refractivity contribution in [1.82, 2.24) is 4.57 Å². The first kappa shape index (κ1) is 18.5. The fourth-order valence-corrected chi connectivity index (χ4v) is 4.41. The number of carbonyl (C=O) groups is 1. The number of carbonyl (C=O) groups excluding carboxylic acids is 1. The molecular weight excluding hydrogens is 338 g/mol. The minimum Gasteiger partial charge on any atom is -0.461 e. The van der Waals surface area contributed by atoms with Crippen molar-refractivity contribution in [2.24, 2.45) is 0 Å². The van der Waals surface area contributed by atoms with Crippen LogP contribution in [0, 0.1) is 6.92 Å². The minimum atomic E-state index is -1.44. The largest absolute Gasteiger partial charge is 0.461 e. The smallest absolute Gasteiger partial charge is 0.354 e. The van der Waals surface area contributed by atoms with Gasteiger partial charge >= 0.3 is 5.97 Å². The van der Waals surface area contributed by atoms with Crippen LogP contribution in [0.5, 0.6) is 0 Å². The van der Waals surface area contributed by atoms with Crippen molar-refractivity contribution in [3.8, 4) is 0 Å². The zero-order valence-corrected chi connectivity index (χ0v) is 17.3. The van der Waals surface area contributed by atoms with Gasteiger partial charge in [-0.15, -0.1) is 0 Å². The normalized spacial score (nSPS) is 11.7. The number of nitrogens with zero attached hydrogens (tertiary/aromatic N) is 1. The second-order valence-electron chi connectivity index (χ2n) is 7.85. The molecule has 0 aliphatic heterocycles. The maximum atomic E-state index is 12.5. The Morgan fingerprint density at radius 2 is 1.85 bits per heavy atom. The third-order valence-electron chi connectivity index (χ3n) is 4.68. The van der Waals surface area contributed by atoms with Crippen molar-refractivity contribution in [3.05, 3.63) is 65.4 Å². The topological polar surface area (TPSA) is 31.2 Å². The molecule has 0 amide bonds. The molecule has 2 aromatic carbocycles. The summed E-state index contributed by atoms with van der Waals surface area (Å²) < 4.78 is 7.41. The molecule has 0 aliphatic carbocycles. The molecule has 3 nitrogen and oxygen atoms in total. The lowest BCUT2D eigenvalue weighted by molar-refractivity contribution is 0.0515. The summed E-state index contributed by atoms with van der Waals surface area (Å²) in [7, 11) is -1.44. The minimum absolute atomic E-state index is 0.258. The Morgan fingerprint density at radius 1 is 1.08 bits per heavy atom. The number of aryl methyl sites for hydroxylation is 1. The summed E-state index contributed by atoms with van der Waals surface area (Å²) in [4.78, 5) is 12.5. The van der Waals surface area contributed by atoms with Crippen LogP contribution in [0.25, 0.3) is 10.9 Å². The van der Waals surface area contributed by atoms with Gasteiger partial charge in [-0.2, -0.15) is 0 Å². The standard InChI is InChI=1S/C22H27NO2Si/c1-6-25-22(24)21-13-18-10-11-19(26(3,4)5)14-20(18)23(21)15-17-9-7-8-16(2)12-17/h7-14H,6,15H2,1-5H3. The number of hydrogen-bond donors (Lipinski definition) is 0. The number of fused-ring (bicyclic) bond motifs is 1. The van der Waals surface area contributed by atoms with Crippen LogP contribution in [0.2, 0.25) is 19.6 Å². The molecule has 3 aromatic rings. The van der Waals surface area contributed by atoms with Gasteiger partial charge in [-0.3, -0.25) is 0 Å². The number of rotatable bonds is 5. The van der Waals surface area contributed by atoms with Crippen LogP contribution in [0.15, 0.2) is 48.5 Å². The van der Waals surface area contributed by atoms with Gasteiger partial charge in [-0.1, -0.05) is 66.8 Å². The van der Waals surface area contributed by atoms with E-state index in [1.165, 1.54) is 16.3 Å². The van der Waals surface area contributed by atoms with E-state index in [9.17, 15) is 4.79 Å². The Balaban J connectivity index is 2.17. The van der Waals surface area contributed by atoms with Crippen LogP contribution in [-0.4, -0.2) is 25.2 Å². The second kappa shape index (κ2) is 7.12. The Morgan fingerprint density at radius 3 is 2.50 bits per heavy atom. The van der Waals surface area contributed by atoms with Crippen molar-refractivity contribution >= 4 is 30.1 Å². The molecule has 0 N–H and O–H groups in total. The molecule has 0 saturated heterocycles. The predicted octanol–water partition coefficient (Wildman–Crippen LogP) is 4.72. The molecule has 0 spiro atoms. The maximum Gasteiger partial charge on any atom is 0.354 e. The van der Waals surface area contributed by atoms with Crippen LogP contribution in [-0.2, 0) is 11.3 Å². The Hall–Kier alpha value is -2.33. The molecule has 0 radical (unpaired) electrons. The average Bonchev–Trinajstić information content (AvgIpc) is 2.92. The van der Waals surface area contributed by atoms with E-state index in [2.05, 4.69) is 73.6 Å². The van der Waals surface area contributed by atoms with E-state index in [0.717, 1.165) is 10.9 Å². The van der Waals surface area contributed by atoms with Crippen molar-refractivity contribution in [2.75, 3.05) is 6.61 Å². The van der Waals surface area contributed by atoms with Crippen LogP contribution < -0.4 is 5.19 Å². The number of aromatic nitrogens is 1. The molecule has 26 heavy (non-hydrogen) atoms. The second-order valence-corrected chi connectivity index (χ2v) is 12.9. The van der Waals surface area contributed by atoms with Gasteiger partial charge in [-0.05, 0) is 31.5 Å². The maximum absolute atomic E-state index is 12.5. The van der Waals surface area contributed by atoms with Gasteiger partial charge in [-0.25, -0.2) is 4.79 Å². The summed E-state index contributed by atoms with van der Waals surface area (Å²) in [5, 5.41) is 2.48. The Kier molecular flexibility index (Phi) is 5.05. The number of hydrogen-bond acceptors (Lipinski definition) is 2. The third kappa shape index (κ3) is 3.75. The first-order valence-corrected chi connectivity index (χ1v) is 12.7. The van der Waals surface area contributed by atoms with Gasteiger partial charge in [0.2, 0.25) is 0 Å². The highest BCUT2D eigenvalue weighted by atomic mass is 28.3. The van der Waals surface area contributed by atoms with Crippen LogP contribution in [0.3, 0.4) is 0 Å². The SMILES string of the molecule is CCOC(=O)c1cc2ccc([Si](C)(C)C)cc2n1Cc1cccc(C)c1. The summed E-state index contributed by atoms with van der Waals surface area (Å²) in [6, 6.07) is 17.0. The first-order valence-electron chi connectivity index (χ1n) is 9.16. The van der Waals surface area contributed by atoms with Gasteiger partial charge in [0, 0.05) is 17.4 Å². The summed E-state index contributed by atoms with van der Waals surface area (Å²) in [6.45, 7) is 12.0. The van der Waals surface area contributed by atoms with Crippen LogP contribution in [0.1, 0.15) is 28.5 Å². The van der Waals surface area contributed by atoms with E-state index < -0.39 is 8.07 Å². The highest BCUT2D eigenvalue weighted by Gasteiger charge is 2.21. The van der Waals surface area contributed by atoms with E-state index in [0.29, 0.717) is 18.8 Å². The molecule has 0 saturated carbocycles. The zero-order valence-electron chi connectivity index (χ0n) is 16.3. The first-order chi connectivity index (χ1) is 12.3. The molecule has 0 aliphatic rings. The molecule has 0 unspecified atom stereocenters. The van der Waals surface area contributed by atoms with E-state index in [4.69, 9.17) is 4.74 Å². The highest BCUT2D eigenvalue weighted by Crippen LogP contribution is 2.23. The van der Waals surface area contributed by atoms with Crippen LogP contribution in [0.4, 0.5) is 0 Å². The average molecular weight is 366 g/mol. The van der Waals surface area contributed by atoms with E-state index in [1.54, 1.807) is 0 Å². The quantitative estimate of drug-likeness (QED) is 0.484. The van der Waals surface area contributed by atoms with Crippen molar-refractivity contribution in [1.29, 1.82) is 0 Å². The molecule has 0 atom stereocenters. The summed E-state index contributed by atoms with van der Waals surface area (Å²) in [6.07, 6.45) is 0. The molecule has 1 heterocycles. The number of ether oxygens (including phenoxy) is 1. The summed E-state index contributed by atoms with van der Waals surface area (Å²) in [5.74, 6) is -0.258. The zero-order chi connectivity index (χ0) is 18.9.